The molecule has 0 radical (unpaired) electrons. The number of nitrogens with zero attached hydrogens (tertiary/aromatic N) is 2. The monoisotopic (exact) mass is 307 g/mol. The van der Waals surface area contributed by atoms with Crippen molar-refractivity contribution in [3.05, 3.63) is 43.0 Å². The lowest BCUT2D eigenvalue weighted by atomic mass is 10.3. The van der Waals surface area contributed by atoms with Crippen LogP contribution in [0.3, 0.4) is 0 Å². The standard InChI is InChI=1S/C14H17N3OS2/c1-2-9-15-13-16-17-14(20-13)19-11-6-10-18-12-7-4-3-5-8-12/h2-5,7-8H,1,6,9-11H2,(H,15,16). The number of thioether (sulfide) groups is 1. The molecule has 20 heavy (non-hydrogen) atoms. The van der Waals surface area contributed by atoms with Crippen molar-refractivity contribution in [2.75, 3.05) is 24.2 Å². The summed E-state index contributed by atoms with van der Waals surface area (Å²) in [6.45, 7) is 5.08. The van der Waals surface area contributed by atoms with E-state index in [-0.39, 0.29) is 0 Å². The Morgan fingerprint density at radius 2 is 2.15 bits per heavy atom. The van der Waals surface area contributed by atoms with E-state index in [2.05, 4.69) is 22.1 Å². The molecule has 2 aromatic rings. The molecule has 6 heteroatoms. The SMILES string of the molecule is C=CCNc1nnc(SCCCOc2ccccc2)s1. The molecule has 0 saturated carbocycles. The molecule has 1 heterocycles. The first kappa shape index (κ1) is 14.9. The number of hydrogen-bond donors (Lipinski definition) is 1. The number of anilines is 1. The summed E-state index contributed by atoms with van der Waals surface area (Å²) >= 11 is 3.28. The smallest absolute Gasteiger partial charge is 0.206 e. The Bertz CT molecular complexity index is 516. The lowest BCUT2D eigenvalue weighted by Gasteiger charge is -2.04. The molecule has 0 aliphatic heterocycles. The van der Waals surface area contributed by atoms with Crippen molar-refractivity contribution in [1.29, 1.82) is 0 Å². The fourth-order valence-corrected chi connectivity index (χ4v) is 3.17. The first-order chi connectivity index (χ1) is 9.88. The van der Waals surface area contributed by atoms with Gasteiger partial charge in [-0.1, -0.05) is 47.4 Å². The maximum Gasteiger partial charge on any atom is 0.206 e. The summed E-state index contributed by atoms with van der Waals surface area (Å²) < 4.78 is 6.62. The van der Waals surface area contributed by atoms with Gasteiger partial charge in [-0.05, 0) is 18.6 Å². The molecule has 2 rings (SSSR count). The summed E-state index contributed by atoms with van der Waals surface area (Å²) in [7, 11) is 0. The van der Waals surface area contributed by atoms with E-state index in [9.17, 15) is 0 Å². The van der Waals surface area contributed by atoms with E-state index in [4.69, 9.17) is 4.74 Å². The van der Waals surface area contributed by atoms with Gasteiger partial charge in [-0.15, -0.1) is 16.8 Å². The number of nitrogens with one attached hydrogen (secondary N) is 1. The summed E-state index contributed by atoms with van der Waals surface area (Å²) in [5, 5.41) is 12.1. The van der Waals surface area contributed by atoms with Gasteiger partial charge in [-0.2, -0.15) is 0 Å². The van der Waals surface area contributed by atoms with Gasteiger partial charge in [0.15, 0.2) is 4.34 Å². The minimum Gasteiger partial charge on any atom is -0.494 e. The van der Waals surface area contributed by atoms with E-state index in [1.165, 1.54) is 0 Å². The Morgan fingerprint density at radius 1 is 1.30 bits per heavy atom. The van der Waals surface area contributed by atoms with Crippen molar-refractivity contribution < 1.29 is 4.74 Å². The van der Waals surface area contributed by atoms with Crippen LogP contribution in [0, 0.1) is 0 Å². The molecule has 0 aliphatic carbocycles. The molecule has 0 bridgehead atoms. The quantitative estimate of drug-likeness (QED) is 0.435. The number of rotatable bonds is 9. The molecular formula is C14H17N3OS2. The topological polar surface area (TPSA) is 47.0 Å². The lowest BCUT2D eigenvalue weighted by molar-refractivity contribution is 0.318. The normalized spacial score (nSPS) is 10.2. The highest BCUT2D eigenvalue weighted by Gasteiger charge is 2.03. The molecule has 1 N–H and O–H groups in total. The average Bonchev–Trinajstić information content (AvgIpc) is 2.94. The van der Waals surface area contributed by atoms with Crippen molar-refractivity contribution in [3.8, 4) is 5.75 Å². The Morgan fingerprint density at radius 3 is 2.95 bits per heavy atom. The summed E-state index contributed by atoms with van der Waals surface area (Å²) in [6.07, 6.45) is 2.78. The Kier molecular flexibility index (Phi) is 6.40. The first-order valence-corrected chi connectivity index (χ1v) is 8.17. The largest absolute Gasteiger partial charge is 0.494 e. The van der Waals surface area contributed by atoms with Gasteiger partial charge in [0.25, 0.3) is 0 Å². The maximum atomic E-state index is 5.63. The zero-order valence-corrected chi connectivity index (χ0v) is 12.8. The molecule has 0 spiro atoms. The van der Waals surface area contributed by atoms with E-state index in [1.54, 1.807) is 29.2 Å². The Balaban J connectivity index is 1.61. The van der Waals surface area contributed by atoms with Crippen LogP contribution in [0.4, 0.5) is 5.13 Å². The van der Waals surface area contributed by atoms with Crippen LogP contribution >= 0.6 is 23.1 Å². The molecule has 0 atom stereocenters. The zero-order chi connectivity index (χ0) is 14.0. The van der Waals surface area contributed by atoms with Gasteiger partial charge in [-0.3, -0.25) is 0 Å². The molecule has 4 nitrogen and oxygen atoms in total. The van der Waals surface area contributed by atoms with E-state index < -0.39 is 0 Å². The second kappa shape index (κ2) is 8.60. The van der Waals surface area contributed by atoms with Crippen molar-refractivity contribution in [2.45, 2.75) is 10.8 Å². The Hall–Kier alpha value is -1.53. The fourth-order valence-electron chi connectivity index (χ4n) is 1.42. The number of benzene rings is 1. The van der Waals surface area contributed by atoms with Gasteiger partial charge in [0, 0.05) is 12.3 Å². The Labute approximate surface area is 127 Å². The highest BCUT2D eigenvalue weighted by Crippen LogP contribution is 2.25. The zero-order valence-electron chi connectivity index (χ0n) is 11.1. The molecule has 0 aliphatic rings. The number of ether oxygens (including phenoxy) is 1. The molecular weight excluding hydrogens is 290 g/mol. The summed E-state index contributed by atoms with van der Waals surface area (Å²) in [5.74, 6) is 1.90. The number of aromatic nitrogens is 2. The van der Waals surface area contributed by atoms with Crippen LogP contribution in [0.1, 0.15) is 6.42 Å². The van der Waals surface area contributed by atoms with E-state index >= 15 is 0 Å². The van der Waals surface area contributed by atoms with Gasteiger partial charge < -0.3 is 10.1 Å². The molecule has 1 aromatic carbocycles. The van der Waals surface area contributed by atoms with Crippen LogP contribution in [0.25, 0.3) is 0 Å². The third-order valence-electron chi connectivity index (χ3n) is 2.33. The van der Waals surface area contributed by atoms with Gasteiger partial charge in [0.2, 0.25) is 5.13 Å². The summed E-state index contributed by atoms with van der Waals surface area (Å²) in [4.78, 5) is 0. The minimum atomic E-state index is 0.713. The van der Waals surface area contributed by atoms with Gasteiger partial charge in [-0.25, -0.2) is 0 Å². The van der Waals surface area contributed by atoms with E-state index in [0.29, 0.717) is 6.54 Å². The minimum absolute atomic E-state index is 0.713. The maximum absolute atomic E-state index is 5.63. The molecule has 106 valence electrons. The van der Waals surface area contributed by atoms with Crippen molar-refractivity contribution >= 4 is 28.2 Å². The third-order valence-corrected chi connectivity index (χ3v) is 4.43. The second-order valence-electron chi connectivity index (χ2n) is 3.91. The van der Waals surface area contributed by atoms with Crippen molar-refractivity contribution in [1.82, 2.24) is 10.2 Å². The molecule has 1 aromatic heterocycles. The van der Waals surface area contributed by atoms with Crippen molar-refractivity contribution in [2.24, 2.45) is 0 Å². The van der Waals surface area contributed by atoms with Crippen LogP contribution in [0.2, 0.25) is 0 Å². The van der Waals surface area contributed by atoms with Crippen LogP contribution in [0.15, 0.2) is 47.3 Å². The van der Waals surface area contributed by atoms with Crippen molar-refractivity contribution in [3.63, 3.8) is 0 Å². The predicted octanol–water partition coefficient (Wildman–Crippen LogP) is 3.70. The highest BCUT2D eigenvalue weighted by atomic mass is 32.2. The highest BCUT2D eigenvalue weighted by molar-refractivity contribution is 8.01. The second-order valence-corrected chi connectivity index (χ2v) is 6.23. The first-order valence-electron chi connectivity index (χ1n) is 6.37. The number of para-hydroxylation sites is 1. The lowest BCUT2D eigenvalue weighted by Crippen LogP contribution is -1.98. The third kappa shape index (κ3) is 5.22. The van der Waals surface area contributed by atoms with Crippen LogP contribution in [-0.2, 0) is 0 Å². The fraction of sp³-hybridized carbons (Fsp3) is 0.286. The number of hydrogen-bond acceptors (Lipinski definition) is 6. The van der Waals surface area contributed by atoms with Gasteiger partial charge >= 0.3 is 0 Å². The van der Waals surface area contributed by atoms with Crippen LogP contribution < -0.4 is 10.1 Å². The summed E-state index contributed by atoms with van der Waals surface area (Å²) in [5.41, 5.74) is 0. The van der Waals surface area contributed by atoms with E-state index in [0.717, 1.165) is 34.0 Å². The predicted molar refractivity (Wildman–Crippen MR) is 85.9 cm³/mol. The van der Waals surface area contributed by atoms with Crippen LogP contribution in [0.5, 0.6) is 5.75 Å². The van der Waals surface area contributed by atoms with Gasteiger partial charge in [0.05, 0.1) is 6.61 Å². The molecule has 0 amide bonds. The molecule has 0 saturated heterocycles. The molecule has 0 unspecified atom stereocenters. The van der Waals surface area contributed by atoms with Gasteiger partial charge in [0.1, 0.15) is 5.75 Å². The van der Waals surface area contributed by atoms with E-state index in [1.807, 2.05) is 30.3 Å². The van der Waals surface area contributed by atoms with Crippen LogP contribution in [-0.4, -0.2) is 29.1 Å². The molecule has 0 fully saturated rings. The average molecular weight is 307 g/mol. The summed E-state index contributed by atoms with van der Waals surface area (Å²) in [6, 6.07) is 9.87.